The summed E-state index contributed by atoms with van der Waals surface area (Å²) in [5.41, 5.74) is 6.34. The molecule has 0 spiro atoms. The molecule has 1 aromatic rings. The van der Waals surface area contributed by atoms with E-state index in [0.717, 1.165) is 6.42 Å². The molecule has 0 aliphatic rings. The lowest BCUT2D eigenvalue weighted by atomic mass is 10.1. The first-order chi connectivity index (χ1) is 10.1. The fourth-order valence-electron chi connectivity index (χ4n) is 1.60. The van der Waals surface area contributed by atoms with Crippen molar-refractivity contribution in [2.75, 3.05) is 13.7 Å². The molecule has 0 fully saturated rings. The third-order valence-corrected chi connectivity index (χ3v) is 2.70. The van der Waals surface area contributed by atoms with Crippen molar-refractivity contribution in [3.05, 3.63) is 29.3 Å². The SMILES string of the molecule is CCCOc1ccc(C#CCCC(=O)NC)cc1C(N)=O. The largest absolute Gasteiger partial charge is 0.493 e. The average molecular weight is 288 g/mol. The molecule has 112 valence electrons. The Morgan fingerprint density at radius 3 is 2.76 bits per heavy atom. The minimum absolute atomic E-state index is 0.0505. The Kier molecular flexibility index (Phi) is 6.82. The first kappa shape index (κ1) is 16.6. The van der Waals surface area contributed by atoms with Crippen LogP contribution in [0.3, 0.4) is 0 Å². The average Bonchev–Trinajstić information content (AvgIpc) is 2.49. The summed E-state index contributed by atoms with van der Waals surface area (Å²) in [4.78, 5) is 22.5. The van der Waals surface area contributed by atoms with Gasteiger partial charge >= 0.3 is 0 Å². The molecule has 3 N–H and O–H groups in total. The van der Waals surface area contributed by atoms with E-state index in [9.17, 15) is 9.59 Å². The molecule has 0 atom stereocenters. The van der Waals surface area contributed by atoms with Gasteiger partial charge in [0.05, 0.1) is 12.2 Å². The highest BCUT2D eigenvalue weighted by molar-refractivity contribution is 5.96. The van der Waals surface area contributed by atoms with E-state index in [1.165, 1.54) is 0 Å². The lowest BCUT2D eigenvalue weighted by Crippen LogP contribution is -2.16. The van der Waals surface area contributed by atoms with Crippen LogP contribution < -0.4 is 15.8 Å². The van der Waals surface area contributed by atoms with Crippen LogP contribution in [0.4, 0.5) is 0 Å². The topological polar surface area (TPSA) is 81.4 Å². The minimum Gasteiger partial charge on any atom is -0.493 e. The van der Waals surface area contributed by atoms with Crippen LogP contribution in [-0.2, 0) is 4.79 Å². The Bertz CT molecular complexity index is 571. The van der Waals surface area contributed by atoms with Crippen molar-refractivity contribution in [3.63, 3.8) is 0 Å². The van der Waals surface area contributed by atoms with Crippen molar-refractivity contribution >= 4 is 11.8 Å². The molecule has 1 rings (SSSR count). The molecule has 0 radical (unpaired) electrons. The van der Waals surface area contributed by atoms with E-state index in [1.54, 1.807) is 25.2 Å². The van der Waals surface area contributed by atoms with E-state index >= 15 is 0 Å². The van der Waals surface area contributed by atoms with Crippen LogP contribution in [0.5, 0.6) is 5.75 Å². The normalized spacial score (nSPS) is 9.43. The van der Waals surface area contributed by atoms with Gasteiger partial charge in [0.1, 0.15) is 5.75 Å². The molecular weight excluding hydrogens is 268 g/mol. The van der Waals surface area contributed by atoms with Crippen LogP contribution in [0.15, 0.2) is 18.2 Å². The molecule has 2 amide bonds. The molecule has 0 aliphatic carbocycles. The number of carbonyl (C=O) groups excluding carboxylic acids is 2. The number of primary amides is 1. The monoisotopic (exact) mass is 288 g/mol. The van der Waals surface area contributed by atoms with Crippen LogP contribution in [-0.4, -0.2) is 25.5 Å². The van der Waals surface area contributed by atoms with Gasteiger partial charge in [0.25, 0.3) is 5.91 Å². The molecule has 21 heavy (non-hydrogen) atoms. The Balaban J connectivity index is 2.81. The zero-order valence-corrected chi connectivity index (χ0v) is 12.4. The second-order valence-electron chi connectivity index (χ2n) is 4.40. The molecule has 0 heterocycles. The number of ether oxygens (including phenoxy) is 1. The number of rotatable bonds is 6. The molecule has 0 saturated carbocycles. The Labute approximate surface area is 124 Å². The number of nitrogens with one attached hydrogen (secondary N) is 1. The lowest BCUT2D eigenvalue weighted by Gasteiger charge is -2.08. The summed E-state index contributed by atoms with van der Waals surface area (Å²) in [5.74, 6) is 5.68. The molecule has 0 saturated heterocycles. The summed E-state index contributed by atoms with van der Waals surface area (Å²) >= 11 is 0. The van der Waals surface area contributed by atoms with E-state index < -0.39 is 5.91 Å². The third-order valence-electron chi connectivity index (χ3n) is 2.70. The quantitative estimate of drug-likeness (QED) is 0.777. The van der Waals surface area contributed by atoms with Crippen molar-refractivity contribution < 1.29 is 14.3 Å². The number of hydrogen-bond acceptors (Lipinski definition) is 3. The molecule has 0 unspecified atom stereocenters. The zero-order valence-electron chi connectivity index (χ0n) is 12.4. The van der Waals surface area contributed by atoms with E-state index in [1.807, 2.05) is 6.92 Å². The summed E-state index contributed by atoms with van der Waals surface area (Å²) in [6.45, 7) is 2.51. The predicted molar refractivity (Wildman–Crippen MR) is 80.9 cm³/mol. The second kappa shape index (κ2) is 8.64. The Morgan fingerprint density at radius 1 is 1.38 bits per heavy atom. The van der Waals surface area contributed by atoms with Crippen LogP contribution in [0, 0.1) is 11.8 Å². The van der Waals surface area contributed by atoms with Crippen molar-refractivity contribution in [2.45, 2.75) is 26.2 Å². The van der Waals surface area contributed by atoms with Gasteiger partial charge in [-0.3, -0.25) is 9.59 Å². The van der Waals surface area contributed by atoms with Crippen molar-refractivity contribution in [1.82, 2.24) is 5.32 Å². The van der Waals surface area contributed by atoms with E-state index in [-0.39, 0.29) is 5.91 Å². The first-order valence-electron chi connectivity index (χ1n) is 6.84. The number of nitrogens with two attached hydrogens (primary N) is 1. The summed E-state index contributed by atoms with van der Waals surface area (Å²) < 4.78 is 5.47. The summed E-state index contributed by atoms with van der Waals surface area (Å²) in [6, 6.07) is 5.07. The highest BCUT2D eigenvalue weighted by Crippen LogP contribution is 2.19. The van der Waals surface area contributed by atoms with Gasteiger partial charge in [-0.05, 0) is 24.6 Å². The molecule has 1 aromatic carbocycles. The smallest absolute Gasteiger partial charge is 0.252 e. The van der Waals surface area contributed by atoms with Gasteiger partial charge in [0.2, 0.25) is 5.91 Å². The highest BCUT2D eigenvalue weighted by atomic mass is 16.5. The molecule has 5 heteroatoms. The predicted octanol–water partition coefficient (Wildman–Crippen LogP) is 1.45. The van der Waals surface area contributed by atoms with Gasteiger partial charge in [-0.1, -0.05) is 18.8 Å². The standard InChI is InChI=1S/C16H20N2O3/c1-3-10-21-14-9-8-12(11-13(14)16(17)20)6-4-5-7-15(19)18-2/h8-9,11H,3,5,7,10H2,1-2H3,(H2,17,20)(H,18,19). The van der Waals surface area contributed by atoms with Crippen LogP contribution >= 0.6 is 0 Å². The van der Waals surface area contributed by atoms with E-state index in [0.29, 0.717) is 36.3 Å². The van der Waals surface area contributed by atoms with Crippen molar-refractivity contribution in [2.24, 2.45) is 5.73 Å². The first-order valence-corrected chi connectivity index (χ1v) is 6.84. The molecule has 0 bridgehead atoms. The lowest BCUT2D eigenvalue weighted by molar-refractivity contribution is -0.120. The molecular formula is C16H20N2O3. The van der Waals surface area contributed by atoms with Gasteiger partial charge in [-0.2, -0.15) is 0 Å². The number of benzene rings is 1. The highest BCUT2D eigenvalue weighted by Gasteiger charge is 2.09. The summed E-state index contributed by atoms with van der Waals surface area (Å²) in [7, 11) is 1.59. The van der Waals surface area contributed by atoms with Crippen LogP contribution in [0.1, 0.15) is 42.1 Å². The maximum absolute atomic E-state index is 11.4. The Morgan fingerprint density at radius 2 is 2.14 bits per heavy atom. The van der Waals surface area contributed by atoms with Crippen molar-refractivity contribution in [3.8, 4) is 17.6 Å². The minimum atomic E-state index is -0.546. The van der Waals surface area contributed by atoms with Gasteiger partial charge in [0, 0.05) is 25.5 Å². The fraction of sp³-hybridized carbons (Fsp3) is 0.375. The fourth-order valence-corrected chi connectivity index (χ4v) is 1.60. The summed E-state index contributed by atoms with van der Waals surface area (Å²) in [6.07, 6.45) is 1.66. The summed E-state index contributed by atoms with van der Waals surface area (Å²) in [5, 5.41) is 2.53. The van der Waals surface area contributed by atoms with Crippen molar-refractivity contribution in [1.29, 1.82) is 0 Å². The maximum Gasteiger partial charge on any atom is 0.252 e. The number of hydrogen-bond donors (Lipinski definition) is 2. The second-order valence-corrected chi connectivity index (χ2v) is 4.40. The van der Waals surface area contributed by atoms with Crippen LogP contribution in [0.2, 0.25) is 0 Å². The van der Waals surface area contributed by atoms with Gasteiger partial charge < -0.3 is 15.8 Å². The number of carbonyl (C=O) groups is 2. The Hall–Kier alpha value is -2.48. The third kappa shape index (κ3) is 5.57. The number of amides is 2. The molecule has 0 aromatic heterocycles. The molecule has 0 aliphatic heterocycles. The van der Waals surface area contributed by atoms with Gasteiger partial charge in [0.15, 0.2) is 0 Å². The van der Waals surface area contributed by atoms with Gasteiger partial charge in [-0.25, -0.2) is 0 Å². The zero-order chi connectivity index (χ0) is 15.7. The molecule has 5 nitrogen and oxygen atoms in total. The van der Waals surface area contributed by atoms with E-state index in [4.69, 9.17) is 10.5 Å². The van der Waals surface area contributed by atoms with Gasteiger partial charge in [-0.15, -0.1) is 0 Å². The van der Waals surface area contributed by atoms with Crippen LogP contribution in [0.25, 0.3) is 0 Å². The maximum atomic E-state index is 11.4. The van der Waals surface area contributed by atoms with E-state index in [2.05, 4.69) is 17.2 Å².